The molecule has 4 nitrogen and oxygen atoms in total. The largest absolute Gasteiger partial charge is 0.328 e. The maximum absolute atomic E-state index is 13.1. The molecule has 0 unspecified atom stereocenters. The van der Waals surface area contributed by atoms with Crippen LogP contribution in [0.25, 0.3) is 11.0 Å². The Hall–Kier alpha value is -2.69. The average molecular weight is 323 g/mol. The Morgan fingerprint density at radius 3 is 2.67 bits per heavy atom. The highest BCUT2D eigenvalue weighted by atomic mass is 19.1. The highest BCUT2D eigenvalue weighted by molar-refractivity contribution is 5.96. The van der Waals surface area contributed by atoms with E-state index in [-0.39, 0.29) is 17.6 Å². The van der Waals surface area contributed by atoms with E-state index in [9.17, 15) is 9.18 Å². The number of anilines is 1. The zero-order chi connectivity index (χ0) is 16.7. The molecule has 1 atom stereocenters. The van der Waals surface area contributed by atoms with Crippen molar-refractivity contribution in [3.8, 4) is 0 Å². The first-order valence-electron chi connectivity index (χ1n) is 8.18. The van der Waals surface area contributed by atoms with E-state index in [0.29, 0.717) is 13.0 Å². The quantitative estimate of drug-likeness (QED) is 0.737. The van der Waals surface area contributed by atoms with Crippen LogP contribution < -0.4 is 4.90 Å². The summed E-state index contributed by atoms with van der Waals surface area (Å²) in [6.45, 7) is 3.48. The monoisotopic (exact) mass is 323 g/mol. The fourth-order valence-electron chi connectivity index (χ4n) is 3.49. The maximum Gasteiger partial charge on any atom is 0.227 e. The first kappa shape index (κ1) is 14.9. The van der Waals surface area contributed by atoms with Gasteiger partial charge in [0.1, 0.15) is 11.6 Å². The van der Waals surface area contributed by atoms with Crippen molar-refractivity contribution in [3.63, 3.8) is 0 Å². The Bertz CT molecular complexity index is 901. The minimum Gasteiger partial charge on any atom is -0.328 e. The highest BCUT2D eigenvalue weighted by Crippen LogP contribution is 2.33. The molecule has 0 N–H and O–H groups in total. The van der Waals surface area contributed by atoms with Gasteiger partial charge in [-0.3, -0.25) is 4.79 Å². The predicted octanol–water partition coefficient (Wildman–Crippen LogP) is 3.72. The minimum absolute atomic E-state index is 0.0508. The van der Waals surface area contributed by atoms with Crippen LogP contribution in [-0.4, -0.2) is 22.0 Å². The van der Waals surface area contributed by atoms with Crippen LogP contribution in [0.2, 0.25) is 0 Å². The van der Waals surface area contributed by atoms with Crippen molar-refractivity contribution in [1.29, 1.82) is 0 Å². The average Bonchev–Trinajstić information content (AvgIpc) is 3.16. The number of aromatic nitrogens is 2. The Morgan fingerprint density at radius 2 is 1.92 bits per heavy atom. The van der Waals surface area contributed by atoms with Crippen LogP contribution in [0.5, 0.6) is 0 Å². The molecule has 2 heterocycles. The molecule has 24 heavy (non-hydrogen) atoms. The van der Waals surface area contributed by atoms with E-state index in [2.05, 4.69) is 17.6 Å². The van der Waals surface area contributed by atoms with Gasteiger partial charge in [0, 0.05) is 31.1 Å². The lowest BCUT2D eigenvalue weighted by Gasteiger charge is -2.17. The van der Waals surface area contributed by atoms with Crippen LogP contribution in [-0.2, 0) is 11.3 Å². The fourth-order valence-corrected chi connectivity index (χ4v) is 3.49. The molecular weight excluding hydrogens is 305 g/mol. The van der Waals surface area contributed by atoms with Gasteiger partial charge in [-0.05, 0) is 43.3 Å². The second-order valence-electron chi connectivity index (χ2n) is 6.08. The van der Waals surface area contributed by atoms with Crippen molar-refractivity contribution in [3.05, 3.63) is 60.2 Å². The summed E-state index contributed by atoms with van der Waals surface area (Å²) in [6, 6.07) is 14.1. The van der Waals surface area contributed by atoms with Crippen molar-refractivity contribution in [2.24, 2.45) is 0 Å². The standard InChI is InChI=1S/C19H18FN3O/c1-2-22-17-6-4-3-5-16(17)21-19(22)13-11-18(24)23(12-13)15-9-7-14(20)8-10-15/h3-10,13H,2,11-12H2,1H3/t13-/m1/s1. The van der Waals surface area contributed by atoms with Crippen molar-refractivity contribution >= 4 is 22.6 Å². The number of hydrogen-bond acceptors (Lipinski definition) is 2. The second-order valence-corrected chi connectivity index (χ2v) is 6.08. The summed E-state index contributed by atoms with van der Waals surface area (Å²) in [4.78, 5) is 18.9. The SMILES string of the molecule is CCn1c([C@@H]2CC(=O)N(c3ccc(F)cc3)C2)nc2ccccc21. The third-order valence-electron chi connectivity index (χ3n) is 4.63. The summed E-state index contributed by atoms with van der Waals surface area (Å²) in [5.74, 6) is 0.766. The van der Waals surface area contributed by atoms with Gasteiger partial charge in [0.25, 0.3) is 0 Å². The fraction of sp³-hybridized carbons (Fsp3) is 0.263. The van der Waals surface area contributed by atoms with E-state index in [1.54, 1.807) is 17.0 Å². The number of carbonyl (C=O) groups excluding carboxylic acids is 1. The number of nitrogens with zero attached hydrogens (tertiary/aromatic N) is 3. The van der Waals surface area contributed by atoms with Gasteiger partial charge < -0.3 is 9.47 Å². The van der Waals surface area contributed by atoms with E-state index in [1.807, 2.05) is 18.2 Å². The van der Waals surface area contributed by atoms with Gasteiger partial charge in [-0.15, -0.1) is 0 Å². The number of halogens is 1. The van der Waals surface area contributed by atoms with Crippen LogP contribution >= 0.6 is 0 Å². The molecule has 122 valence electrons. The first-order chi connectivity index (χ1) is 11.7. The topological polar surface area (TPSA) is 38.1 Å². The molecule has 1 aliphatic heterocycles. The zero-order valence-corrected chi connectivity index (χ0v) is 13.4. The molecule has 0 bridgehead atoms. The molecular formula is C19H18FN3O. The smallest absolute Gasteiger partial charge is 0.227 e. The van der Waals surface area contributed by atoms with Crippen molar-refractivity contribution in [2.75, 3.05) is 11.4 Å². The number of imidazole rings is 1. The summed E-state index contributed by atoms with van der Waals surface area (Å²) >= 11 is 0. The lowest BCUT2D eigenvalue weighted by molar-refractivity contribution is -0.117. The molecule has 2 aromatic carbocycles. The molecule has 0 spiro atoms. The Morgan fingerprint density at radius 1 is 1.17 bits per heavy atom. The molecule has 5 heteroatoms. The van der Waals surface area contributed by atoms with Gasteiger partial charge in [-0.1, -0.05) is 12.1 Å². The molecule has 1 aliphatic rings. The summed E-state index contributed by atoms with van der Waals surface area (Å²) in [5.41, 5.74) is 2.80. The van der Waals surface area contributed by atoms with E-state index < -0.39 is 0 Å². The minimum atomic E-state index is -0.297. The van der Waals surface area contributed by atoms with E-state index in [4.69, 9.17) is 4.98 Å². The summed E-state index contributed by atoms with van der Waals surface area (Å²) in [5, 5.41) is 0. The number of aryl methyl sites for hydroxylation is 1. The lowest BCUT2D eigenvalue weighted by atomic mass is 10.1. The number of hydrogen-bond donors (Lipinski definition) is 0. The van der Waals surface area contributed by atoms with Crippen LogP contribution in [0.1, 0.15) is 25.1 Å². The zero-order valence-electron chi connectivity index (χ0n) is 13.4. The molecule has 1 amide bonds. The lowest BCUT2D eigenvalue weighted by Crippen LogP contribution is -2.24. The molecule has 0 saturated carbocycles. The summed E-state index contributed by atoms with van der Waals surface area (Å²) < 4.78 is 15.3. The number of rotatable bonds is 3. The van der Waals surface area contributed by atoms with Gasteiger partial charge >= 0.3 is 0 Å². The molecule has 0 aliphatic carbocycles. The Labute approximate surface area is 139 Å². The predicted molar refractivity (Wildman–Crippen MR) is 91.5 cm³/mol. The van der Waals surface area contributed by atoms with Gasteiger partial charge in [0.05, 0.1) is 11.0 Å². The molecule has 1 aromatic heterocycles. The van der Waals surface area contributed by atoms with E-state index in [0.717, 1.165) is 29.1 Å². The van der Waals surface area contributed by atoms with Crippen LogP contribution in [0, 0.1) is 5.82 Å². The van der Waals surface area contributed by atoms with Crippen molar-refractivity contribution < 1.29 is 9.18 Å². The maximum atomic E-state index is 13.1. The molecule has 3 aromatic rings. The first-order valence-corrected chi connectivity index (χ1v) is 8.18. The third kappa shape index (κ3) is 2.37. The number of para-hydroxylation sites is 2. The molecule has 1 saturated heterocycles. The van der Waals surface area contributed by atoms with E-state index >= 15 is 0 Å². The molecule has 0 radical (unpaired) electrons. The van der Waals surface area contributed by atoms with Crippen LogP contribution in [0.4, 0.5) is 10.1 Å². The normalized spacial score (nSPS) is 17.8. The summed E-state index contributed by atoms with van der Waals surface area (Å²) in [7, 11) is 0. The molecule has 1 fully saturated rings. The van der Waals surface area contributed by atoms with Gasteiger partial charge in [0.15, 0.2) is 0 Å². The Balaban J connectivity index is 1.69. The van der Waals surface area contributed by atoms with Crippen LogP contribution in [0.3, 0.4) is 0 Å². The van der Waals surface area contributed by atoms with Gasteiger partial charge in [0.2, 0.25) is 5.91 Å². The van der Waals surface area contributed by atoms with E-state index in [1.165, 1.54) is 12.1 Å². The van der Waals surface area contributed by atoms with Gasteiger partial charge in [-0.25, -0.2) is 9.37 Å². The number of fused-ring (bicyclic) bond motifs is 1. The van der Waals surface area contributed by atoms with Crippen molar-refractivity contribution in [1.82, 2.24) is 9.55 Å². The molecule has 4 rings (SSSR count). The number of amides is 1. The number of carbonyl (C=O) groups is 1. The van der Waals surface area contributed by atoms with Crippen molar-refractivity contribution in [2.45, 2.75) is 25.8 Å². The number of benzene rings is 2. The second kappa shape index (κ2) is 5.74. The Kier molecular flexibility index (Phi) is 3.56. The van der Waals surface area contributed by atoms with Gasteiger partial charge in [-0.2, -0.15) is 0 Å². The van der Waals surface area contributed by atoms with Crippen LogP contribution in [0.15, 0.2) is 48.5 Å². The third-order valence-corrected chi connectivity index (χ3v) is 4.63. The summed E-state index contributed by atoms with van der Waals surface area (Å²) in [6.07, 6.45) is 0.431. The highest BCUT2D eigenvalue weighted by Gasteiger charge is 2.34.